The summed E-state index contributed by atoms with van der Waals surface area (Å²) in [4.78, 5) is 4.63. The standard InChI is InChI=1S/C21H28NOP/c1-20(2,3)16-11-9-13-18(19(16)23)24-17-12-8-7-10-15(17)14-22-21(4,5)6/h7-14,23-24H,1-6H3. The van der Waals surface area contributed by atoms with E-state index in [-0.39, 0.29) is 11.0 Å². The van der Waals surface area contributed by atoms with Gasteiger partial charge in [0.25, 0.3) is 0 Å². The van der Waals surface area contributed by atoms with Crippen molar-refractivity contribution in [1.29, 1.82) is 0 Å². The molecule has 0 aromatic heterocycles. The molecule has 0 spiro atoms. The molecule has 0 amide bonds. The second-order valence-electron chi connectivity index (χ2n) is 8.09. The molecular formula is C21H28NOP. The van der Waals surface area contributed by atoms with E-state index in [0.717, 1.165) is 16.4 Å². The van der Waals surface area contributed by atoms with Gasteiger partial charge >= 0.3 is 0 Å². The minimum atomic E-state index is -0.0927. The first-order chi connectivity index (χ1) is 11.1. The van der Waals surface area contributed by atoms with Gasteiger partial charge < -0.3 is 5.11 Å². The number of benzene rings is 2. The van der Waals surface area contributed by atoms with Crippen LogP contribution in [0, 0.1) is 0 Å². The SMILES string of the molecule is CC(C)(C)N=Cc1ccccc1Pc1cccc(C(C)(C)C)c1O. The first-order valence-electron chi connectivity index (χ1n) is 8.32. The van der Waals surface area contributed by atoms with Gasteiger partial charge in [-0.05, 0) is 37.1 Å². The van der Waals surface area contributed by atoms with Gasteiger partial charge in [0, 0.05) is 17.1 Å². The van der Waals surface area contributed by atoms with Crippen molar-refractivity contribution >= 4 is 25.4 Å². The zero-order valence-electron chi connectivity index (χ0n) is 15.5. The smallest absolute Gasteiger partial charge is 0.127 e. The maximum Gasteiger partial charge on any atom is 0.127 e. The van der Waals surface area contributed by atoms with Gasteiger partial charge in [0.2, 0.25) is 0 Å². The molecule has 0 radical (unpaired) electrons. The molecule has 0 heterocycles. The summed E-state index contributed by atoms with van der Waals surface area (Å²) < 4.78 is 0. The van der Waals surface area contributed by atoms with E-state index in [4.69, 9.17) is 0 Å². The van der Waals surface area contributed by atoms with Crippen molar-refractivity contribution in [2.24, 2.45) is 4.99 Å². The average Bonchev–Trinajstić information content (AvgIpc) is 2.46. The largest absolute Gasteiger partial charge is 0.507 e. The number of aromatic hydroxyl groups is 1. The van der Waals surface area contributed by atoms with Crippen LogP contribution in [0.1, 0.15) is 52.7 Å². The third-order valence-electron chi connectivity index (χ3n) is 3.67. The fraction of sp³-hybridized carbons (Fsp3) is 0.381. The lowest BCUT2D eigenvalue weighted by molar-refractivity contribution is 0.451. The van der Waals surface area contributed by atoms with Gasteiger partial charge in [0.05, 0.1) is 5.54 Å². The summed E-state index contributed by atoms with van der Waals surface area (Å²) in [6.07, 6.45) is 1.95. The van der Waals surface area contributed by atoms with Crippen LogP contribution in [0.5, 0.6) is 5.75 Å². The highest BCUT2D eigenvalue weighted by atomic mass is 31.1. The third-order valence-corrected chi connectivity index (χ3v) is 5.06. The second-order valence-corrected chi connectivity index (χ2v) is 9.42. The molecule has 1 atom stereocenters. The summed E-state index contributed by atoms with van der Waals surface area (Å²) in [5.41, 5.74) is 1.95. The van der Waals surface area contributed by atoms with Gasteiger partial charge in [-0.2, -0.15) is 0 Å². The lowest BCUT2D eigenvalue weighted by Crippen LogP contribution is -2.16. The van der Waals surface area contributed by atoms with Gasteiger partial charge in [-0.3, -0.25) is 4.99 Å². The Bertz CT molecular complexity index is 736. The number of aliphatic imine (C=N–C) groups is 1. The normalized spacial score (nSPS) is 13.2. The molecule has 0 aliphatic heterocycles. The first kappa shape index (κ1) is 18.7. The van der Waals surface area contributed by atoms with Gasteiger partial charge in [-0.1, -0.05) is 71.8 Å². The van der Waals surface area contributed by atoms with Crippen LogP contribution in [0.4, 0.5) is 0 Å². The molecule has 24 heavy (non-hydrogen) atoms. The predicted molar refractivity (Wildman–Crippen MR) is 108 cm³/mol. The Hall–Kier alpha value is -1.66. The topological polar surface area (TPSA) is 32.6 Å². The van der Waals surface area contributed by atoms with Crippen molar-refractivity contribution < 1.29 is 5.11 Å². The lowest BCUT2D eigenvalue weighted by Gasteiger charge is -2.22. The predicted octanol–water partition coefficient (Wildman–Crippen LogP) is 4.54. The van der Waals surface area contributed by atoms with Crippen LogP contribution in [0.15, 0.2) is 47.5 Å². The van der Waals surface area contributed by atoms with Crippen molar-refractivity contribution in [3.05, 3.63) is 53.6 Å². The molecular weight excluding hydrogens is 313 g/mol. The Balaban J connectivity index is 2.38. The molecule has 1 N–H and O–H groups in total. The van der Waals surface area contributed by atoms with E-state index in [1.54, 1.807) is 0 Å². The molecule has 0 aliphatic rings. The number of para-hydroxylation sites is 1. The van der Waals surface area contributed by atoms with Crippen molar-refractivity contribution in [1.82, 2.24) is 0 Å². The minimum Gasteiger partial charge on any atom is -0.507 e. The number of phenols is 1. The van der Waals surface area contributed by atoms with Crippen LogP contribution >= 0.6 is 8.58 Å². The second kappa shape index (κ2) is 7.07. The highest BCUT2D eigenvalue weighted by Gasteiger charge is 2.20. The van der Waals surface area contributed by atoms with Crippen molar-refractivity contribution in [2.75, 3.05) is 0 Å². The van der Waals surface area contributed by atoms with Crippen LogP contribution in [-0.2, 0) is 5.41 Å². The summed E-state index contributed by atoms with van der Waals surface area (Å²) in [5, 5.41) is 12.9. The molecule has 0 bridgehead atoms. The fourth-order valence-corrected chi connectivity index (χ4v) is 3.58. The molecule has 3 heteroatoms. The Kier molecular flexibility index (Phi) is 5.50. The number of rotatable bonds is 3. The zero-order chi connectivity index (χ0) is 18.0. The Labute approximate surface area is 147 Å². The van der Waals surface area contributed by atoms with Gasteiger partial charge in [-0.25, -0.2) is 0 Å². The van der Waals surface area contributed by atoms with E-state index in [9.17, 15) is 5.11 Å². The molecule has 2 rings (SSSR count). The summed E-state index contributed by atoms with van der Waals surface area (Å²) in [7, 11) is 0.402. The van der Waals surface area contributed by atoms with Gasteiger partial charge in [-0.15, -0.1) is 0 Å². The number of nitrogens with zero attached hydrogens (tertiary/aromatic N) is 1. The maximum atomic E-state index is 10.7. The van der Waals surface area contributed by atoms with Crippen LogP contribution in [0.3, 0.4) is 0 Å². The van der Waals surface area contributed by atoms with Gasteiger partial charge in [0.15, 0.2) is 0 Å². The van der Waals surface area contributed by atoms with E-state index in [1.165, 1.54) is 5.30 Å². The molecule has 1 unspecified atom stereocenters. The molecule has 128 valence electrons. The van der Waals surface area contributed by atoms with E-state index in [0.29, 0.717) is 14.3 Å². The highest BCUT2D eigenvalue weighted by molar-refractivity contribution is 7.56. The lowest BCUT2D eigenvalue weighted by atomic mass is 9.86. The van der Waals surface area contributed by atoms with Gasteiger partial charge in [0.1, 0.15) is 5.75 Å². The average molecular weight is 341 g/mol. The quantitative estimate of drug-likeness (QED) is 0.645. The molecule has 0 aliphatic carbocycles. The van der Waals surface area contributed by atoms with E-state index >= 15 is 0 Å². The Morgan fingerprint density at radius 3 is 2.12 bits per heavy atom. The molecule has 2 aromatic carbocycles. The van der Waals surface area contributed by atoms with Crippen LogP contribution in [-0.4, -0.2) is 16.9 Å². The monoisotopic (exact) mass is 341 g/mol. The Morgan fingerprint density at radius 1 is 0.875 bits per heavy atom. The molecule has 2 aromatic rings. The molecule has 0 saturated heterocycles. The maximum absolute atomic E-state index is 10.7. The van der Waals surface area contributed by atoms with E-state index in [1.807, 2.05) is 36.5 Å². The van der Waals surface area contributed by atoms with E-state index in [2.05, 4.69) is 58.7 Å². The number of hydrogen-bond acceptors (Lipinski definition) is 2. The zero-order valence-corrected chi connectivity index (χ0v) is 16.5. The summed E-state index contributed by atoms with van der Waals surface area (Å²) in [5.74, 6) is 0.422. The fourth-order valence-electron chi connectivity index (χ4n) is 2.38. The Morgan fingerprint density at radius 2 is 1.50 bits per heavy atom. The van der Waals surface area contributed by atoms with Crippen molar-refractivity contribution in [3.63, 3.8) is 0 Å². The molecule has 2 nitrogen and oxygen atoms in total. The van der Waals surface area contributed by atoms with E-state index < -0.39 is 0 Å². The number of hydrogen-bond donors (Lipinski definition) is 1. The van der Waals surface area contributed by atoms with Crippen molar-refractivity contribution in [3.8, 4) is 5.75 Å². The highest BCUT2D eigenvalue weighted by Crippen LogP contribution is 2.32. The summed E-state index contributed by atoms with van der Waals surface area (Å²) in [6.45, 7) is 12.6. The molecule has 0 saturated carbocycles. The first-order valence-corrected chi connectivity index (χ1v) is 9.32. The molecule has 0 fully saturated rings. The van der Waals surface area contributed by atoms with Crippen LogP contribution < -0.4 is 10.6 Å². The third kappa shape index (κ3) is 4.92. The minimum absolute atomic E-state index is 0.0716. The summed E-state index contributed by atoms with van der Waals surface area (Å²) in [6, 6.07) is 14.3. The van der Waals surface area contributed by atoms with Crippen molar-refractivity contribution in [2.45, 2.75) is 52.5 Å². The number of phenolic OH excluding ortho intramolecular Hbond substituents is 1. The van der Waals surface area contributed by atoms with Crippen LogP contribution in [0.2, 0.25) is 0 Å². The summed E-state index contributed by atoms with van der Waals surface area (Å²) >= 11 is 0. The van der Waals surface area contributed by atoms with Crippen LogP contribution in [0.25, 0.3) is 0 Å².